The topological polar surface area (TPSA) is 9.23 Å². The molecule has 1 saturated carbocycles. The lowest BCUT2D eigenvalue weighted by Gasteiger charge is -2.43. The molecule has 58 valence electrons. The van der Waals surface area contributed by atoms with Crippen LogP contribution in [0.2, 0.25) is 0 Å². The Morgan fingerprint density at radius 1 is 1.30 bits per heavy atom. The number of fused-ring (bicyclic) bond motifs is 1. The minimum absolute atomic E-state index is 0.604. The van der Waals surface area contributed by atoms with Gasteiger partial charge in [0.15, 0.2) is 0 Å². The van der Waals surface area contributed by atoms with Crippen LogP contribution in [0.15, 0.2) is 0 Å². The van der Waals surface area contributed by atoms with Crippen molar-refractivity contribution >= 4 is 0 Å². The zero-order valence-corrected chi connectivity index (χ0v) is 6.84. The van der Waals surface area contributed by atoms with E-state index in [1.54, 1.807) is 0 Å². The summed E-state index contributed by atoms with van der Waals surface area (Å²) in [5, 5.41) is 0. The number of hydrogen-bond donors (Lipinski definition) is 0. The number of rotatable bonds is 1. The Kier molecular flexibility index (Phi) is 1.48. The molecule has 2 aliphatic rings. The van der Waals surface area contributed by atoms with Crippen LogP contribution in [0, 0.1) is 11.8 Å². The first-order chi connectivity index (χ1) is 4.79. The maximum atomic E-state index is 5.72. The SMILES string of the molecule is CC(C)C1OC2CCCC21. The van der Waals surface area contributed by atoms with Crippen molar-refractivity contribution in [2.75, 3.05) is 0 Å². The Hall–Kier alpha value is -0.0400. The van der Waals surface area contributed by atoms with Crippen molar-refractivity contribution in [3.63, 3.8) is 0 Å². The van der Waals surface area contributed by atoms with Crippen molar-refractivity contribution in [2.45, 2.75) is 45.3 Å². The van der Waals surface area contributed by atoms with Crippen molar-refractivity contribution in [1.29, 1.82) is 0 Å². The third kappa shape index (κ3) is 0.800. The molecule has 0 spiro atoms. The minimum atomic E-state index is 0.604. The average molecular weight is 140 g/mol. The summed E-state index contributed by atoms with van der Waals surface area (Å²) in [6.07, 6.45) is 5.42. The normalized spacial score (nSPS) is 45.3. The second-order valence-corrected chi connectivity index (χ2v) is 3.98. The highest BCUT2D eigenvalue weighted by Crippen LogP contribution is 2.44. The quantitative estimate of drug-likeness (QED) is 0.542. The van der Waals surface area contributed by atoms with Gasteiger partial charge in [-0.25, -0.2) is 0 Å². The van der Waals surface area contributed by atoms with Crippen molar-refractivity contribution in [1.82, 2.24) is 0 Å². The first-order valence-corrected chi connectivity index (χ1v) is 4.44. The Balaban J connectivity index is 1.94. The highest BCUT2D eigenvalue weighted by Gasteiger charge is 2.46. The van der Waals surface area contributed by atoms with Crippen molar-refractivity contribution in [3.8, 4) is 0 Å². The molecular formula is C9H16O. The van der Waals surface area contributed by atoms with Crippen LogP contribution < -0.4 is 0 Å². The van der Waals surface area contributed by atoms with Crippen LogP contribution >= 0.6 is 0 Å². The van der Waals surface area contributed by atoms with Gasteiger partial charge in [-0.15, -0.1) is 0 Å². The summed E-state index contributed by atoms with van der Waals surface area (Å²) in [5.41, 5.74) is 0. The predicted octanol–water partition coefficient (Wildman–Crippen LogP) is 2.21. The predicted molar refractivity (Wildman–Crippen MR) is 40.8 cm³/mol. The molecule has 0 radical (unpaired) electrons. The molecule has 1 aliphatic carbocycles. The van der Waals surface area contributed by atoms with Crippen LogP contribution in [-0.4, -0.2) is 12.2 Å². The summed E-state index contributed by atoms with van der Waals surface area (Å²) in [7, 11) is 0. The molecule has 1 heteroatoms. The van der Waals surface area contributed by atoms with E-state index in [0.717, 1.165) is 11.8 Å². The fourth-order valence-electron chi connectivity index (χ4n) is 2.36. The Morgan fingerprint density at radius 2 is 2.10 bits per heavy atom. The van der Waals surface area contributed by atoms with E-state index in [-0.39, 0.29) is 0 Å². The monoisotopic (exact) mass is 140 g/mol. The van der Waals surface area contributed by atoms with E-state index < -0.39 is 0 Å². The van der Waals surface area contributed by atoms with E-state index >= 15 is 0 Å². The number of hydrogen-bond acceptors (Lipinski definition) is 1. The van der Waals surface area contributed by atoms with Crippen LogP contribution in [0.5, 0.6) is 0 Å². The van der Waals surface area contributed by atoms with Crippen molar-refractivity contribution in [2.24, 2.45) is 11.8 Å². The lowest BCUT2D eigenvalue weighted by molar-refractivity contribution is -0.185. The van der Waals surface area contributed by atoms with Gasteiger partial charge in [0.05, 0.1) is 12.2 Å². The summed E-state index contributed by atoms with van der Waals surface area (Å²) in [6.45, 7) is 4.53. The van der Waals surface area contributed by atoms with Crippen LogP contribution in [0.4, 0.5) is 0 Å². The van der Waals surface area contributed by atoms with Gasteiger partial charge in [-0.2, -0.15) is 0 Å². The van der Waals surface area contributed by atoms with Gasteiger partial charge in [0.1, 0.15) is 0 Å². The summed E-state index contributed by atoms with van der Waals surface area (Å²) in [4.78, 5) is 0. The van der Waals surface area contributed by atoms with E-state index in [0.29, 0.717) is 12.2 Å². The molecule has 1 heterocycles. The van der Waals surface area contributed by atoms with Gasteiger partial charge in [0.25, 0.3) is 0 Å². The smallest absolute Gasteiger partial charge is 0.0654 e. The lowest BCUT2D eigenvalue weighted by atomic mass is 9.85. The standard InChI is InChI=1S/C9H16O/c1-6(2)9-7-4-3-5-8(7)10-9/h6-9H,3-5H2,1-2H3. The first-order valence-electron chi connectivity index (χ1n) is 4.44. The summed E-state index contributed by atoms with van der Waals surface area (Å²) in [6, 6.07) is 0. The molecular weight excluding hydrogens is 124 g/mol. The van der Waals surface area contributed by atoms with Gasteiger partial charge in [-0.3, -0.25) is 0 Å². The molecule has 0 N–H and O–H groups in total. The Morgan fingerprint density at radius 3 is 2.70 bits per heavy atom. The first kappa shape index (κ1) is 6.66. The fourth-order valence-corrected chi connectivity index (χ4v) is 2.36. The van der Waals surface area contributed by atoms with Crippen LogP contribution in [0.25, 0.3) is 0 Å². The number of ether oxygens (including phenoxy) is 1. The van der Waals surface area contributed by atoms with Crippen LogP contribution in [0.3, 0.4) is 0 Å². The van der Waals surface area contributed by atoms with Crippen LogP contribution in [0.1, 0.15) is 33.1 Å². The molecule has 0 aromatic rings. The van der Waals surface area contributed by atoms with E-state index in [9.17, 15) is 0 Å². The molecule has 10 heavy (non-hydrogen) atoms. The maximum absolute atomic E-state index is 5.72. The summed E-state index contributed by atoms with van der Waals surface area (Å²) in [5.74, 6) is 1.67. The van der Waals surface area contributed by atoms with Crippen LogP contribution in [-0.2, 0) is 4.74 Å². The third-order valence-corrected chi connectivity index (χ3v) is 2.91. The molecule has 2 fully saturated rings. The maximum Gasteiger partial charge on any atom is 0.0654 e. The van der Waals surface area contributed by atoms with Gasteiger partial charge in [0, 0.05) is 5.92 Å². The van der Waals surface area contributed by atoms with Gasteiger partial charge in [-0.05, 0) is 18.8 Å². The van der Waals surface area contributed by atoms with E-state index in [2.05, 4.69) is 13.8 Å². The molecule has 0 bridgehead atoms. The molecule has 1 aliphatic heterocycles. The zero-order valence-electron chi connectivity index (χ0n) is 6.84. The Labute approximate surface area is 62.8 Å². The van der Waals surface area contributed by atoms with Gasteiger partial charge < -0.3 is 4.74 Å². The molecule has 0 amide bonds. The minimum Gasteiger partial charge on any atom is -0.374 e. The zero-order chi connectivity index (χ0) is 7.14. The van der Waals surface area contributed by atoms with Gasteiger partial charge in [-0.1, -0.05) is 20.3 Å². The van der Waals surface area contributed by atoms with Crippen molar-refractivity contribution < 1.29 is 4.74 Å². The van der Waals surface area contributed by atoms with Gasteiger partial charge >= 0.3 is 0 Å². The summed E-state index contributed by atoms with van der Waals surface area (Å²) >= 11 is 0. The molecule has 3 atom stereocenters. The van der Waals surface area contributed by atoms with E-state index in [4.69, 9.17) is 4.74 Å². The second kappa shape index (κ2) is 2.23. The summed E-state index contributed by atoms with van der Waals surface area (Å²) < 4.78 is 5.72. The van der Waals surface area contributed by atoms with Crippen molar-refractivity contribution in [3.05, 3.63) is 0 Å². The molecule has 1 nitrogen and oxygen atoms in total. The van der Waals surface area contributed by atoms with Gasteiger partial charge in [0.2, 0.25) is 0 Å². The Bertz CT molecular complexity index is 131. The van der Waals surface area contributed by atoms with E-state index in [1.165, 1.54) is 19.3 Å². The average Bonchev–Trinajstić information content (AvgIpc) is 2.11. The highest BCUT2D eigenvalue weighted by atomic mass is 16.5. The third-order valence-electron chi connectivity index (χ3n) is 2.91. The lowest BCUT2D eigenvalue weighted by Crippen LogP contribution is -2.48. The van der Waals surface area contributed by atoms with E-state index in [1.807, 2.05) is 0 Å². The second-order valence-electron chi connectivity index (χ2n) is 3.98. The molecule has 0 aromatic heterocycles. The molecule has 2 rings (SSSR count). The molecule has 1 saturated heterocycles. The fraction of sp³-hybridized carbons (Fsp3) is 1.00. The molecule has 3 unspecified atom stereocenters. The largest absolute Gasteiger partial charge is 0.374 e. The highest BCUT2D eigenvalue weighted by molar-refractivity contribution is 4.93. The molecule has 0 aromatic carbocycles.